The minimum atomic E-state index is 0.182. The van der Waals surface area contributed by atoms with E-state index in [0.29, 0.717) is 36.0 Å². The van der Waals surface area contributed by atoms with Crippen LogP contribution in [0.4, 0.5) is 0 Å². The number of carbonyl (C=O) groups is 1. The fourth-order valence-electron chi connectivity index (χ4n) is 3.07. The number of aromatic nitrogens is 1. The van der Waals surface area contributed by atoms with E-state index in [2.05, 4.69) is 4.98 Å². The van der Waals surface area contributed by atoms with E-state index in [0.717, 1.165) is 31.5 Å². The summed E-state index contributed by atoms with van der Waals surface area (Å²) in [7, 11) is 3.22. The van der Waals surface area contributed by atoms with Crippen molar-refractivity contribution < 1.29 is 18.7 Å². The first kappa shape index (κ1) is 17.3. The van der Waals surface area contributed by atoms with Crippen LogP contribution in [0.25, 0.3) is 11.3 Å². The lowest BCUT2D eigenvalue weighted by atomic mass is 10.1. The molecular formula is C19H24N2O4. The molecule has 0 aliphatic carbocycles. The van der Waals surface area contributed by atoms with Crippen molar-refractivity contribution in [1.29, 1.82) is 0 Å². The van der Waals surface area contributed by atoms with Crippen LogP contribution in [0.2, 0.25) is 0 Å². The molecule has 1 saturated heterocycles. The summed E-state index contributed by atoms with van der Waals surface area (Å²) in [5.74, 6) is 2.75. The first-order chi connectivity index (χ1) is 12.2. The molecule has 1 aliphatic heterocycles. The Morgan fingerprint density at radius 2 is 2.00 bits per heavy atom. The molecule has 0 unspecified atom stereocenters. The van der Waals surface area contributed by atoms with Gasteiger partial charge in [0.1, 0.15) is 11.5 Å². The van der Waals surface area contributed by atoms with Crippen LogP contribution in [0, 0.1) is 0 Å². The van der Waals surface area contributed by atoms with Crippen molar-refractivity contribution in [2.45, 2.75) is 32.1 Å². The number of carbonyl (C=O) groups excluding carboxylic acids is 1. The molecule has 134 valence electrons. The van der Waals surface area contributed by atoms with Crippen molar-refractivity contribution in [3.05, 3.63) is 30.3 Å². The van der Waals surface area contributed by atoms with Crippen molar-refractivity contribution in [2.75, 3.05) is 27.3 Å². The molecule has 0 spiro atoms. The van der Waals surface area contributed by atoms with Gasteiger partial charge >= 0.3 is 0 Å². The summed E-state index contributed by atoms with van der Waals surface area (Å²) in [4.78, 5) is 18.5. The van der Waals surface area contributed by atoms with E-state index >= 15 is 0 Å². The molecule has 1 amide bonds. The second-order valence-electron chi connectivity index (χ2n) is 6.13. The second-order valence-corrected chi connectivity index (χ2v) is 6.13. The zero-order valence-electron chi connectivity index (χ0n) is 14.8. The molecule has 3 rings (SSSR count). The predicted molar refractivity (Wildman–Crippen MR) is 93.8 cm³/mol. The summed E-state index contributed by atoms with van der Waals surface area (Å²) in [6.45, 7) is 1.75. The summed E-state index contributed by atoms with van der Waals surface area (Å²) in [5, 5.41) is 0. The zero-order chi connectivity index (χ0) is 17.6. The second kappa shape index (κ2) is 8.05. The number of aryl methyl sites for hydroxylation is 1. The van der Waals surface area contributed by atoms with Gasteiger partial charge in [0.2, 0.25) is 5.91 Å². The van der Waals surface area contributed by atoms with E-state index in [-0.39, 0.29) is 5.91 Å². The molecular weight excluding hydrogens is 320 g/mol. The molecule has 1 aliphatic rings. The van der Waals surface area contributed by atoms with Gasteiger partial charge < -0.3 is 18.8 Å². The lowest BCUT2D eigenvalue weighted by molar-refractivity contribution is -0.132. The number of amides is 1. The van der Waals surface area contributed by atoms with Crippen molar-refractivity contribution in [2.24, 2.45) is 0 Å². The Hall–Kier alpha value is -2.50. The topological polar surface area (TPSA) is 64.8 Å². The molecule has 6 nitrogen and oxygen atoms in total. The van der Waals surface area contributed by atoms with E-state index in [1.165, 1.54) is 6.42 Å². The number of benzene rings is 1. The van der Waals surface area contributed by atoms with E-state index in [1.807, 2.05) is 17.0 Å². The van der Waals surface area contributed by atoms with Crippen LogP contribution in [0.5, 0.6) is 11.5 Å². The van der Waals surface area contributed by atoms with Gasteiger partial charge in [-0.15, -0.1) is 0 Å². The third-order valence-corrected chi connectivity index (χ3v) is 4.49. The van der Waals surface area contributed by atoms with Crippen LogP contribution in [0.15, 0.2) is 28.8 Å². The summed E-state index contributed by atoms with van der Waals surface area (Å²) in [6.07, 6.45) is 6.04. The lowest BCUT2D eigenvalue weighted by Crippen LogP contribution is -2.35. The smallest absolute Gasteiger partial charge is 0.223 e. The van der Waals surface area contributed by atoms with Gasteiger partial charge in [0.25, 0.3) is 0 Å². The number of nitrogens with zero attached hydrogens (tertiary/aromatic N) is 2. The predicted octanol–water partition coefficient (Wildman–Crippen LogP) is 3.30. The SMILES string of the molecule is COc1ccc(-c2cnc(CCC(=O)N3CCCCC3)o2)c(OC)c1. The number of hydrogen-bond acceptors (Lipinski definition) is 5. The van der Waals surface area contributed by atoms with Gasteiger partial charge in [0.05, 0.1) is 26.0 Å². The maximum Gasteiger partial charge on any atom is 0.223 e. The number of piperidine rings is 1. The molecule has 1 aromatic carbocycles. The van der Waals surface area contributed by atoms with Gasteiger partial charge in [0.15, 0.2) is 11.7 Å². The summed E-state index contributed by atoms with van der Waals surface area (Å²) >= 11 is 0. The maximum atomic E-state index is 12.2. The molecule has 0 atom stereocenters. The van der Waals surface area contributed by atoms with Gasteiger partial charge in [-0.1, -0.05) is 0 Å². The third-order valence-electron chi connectivity index (χ3n) is 4.49. The molecule has 6 heteroatoms. The standard InChI is InChI=1S/C19H24N2O4/c1-23-14-6-7-15(16(12-14)24-2)17-13-20-18(25-17)8-9-19(22)21-10-4-3-5-11-21/h6-7,12-13H,3-5,8-11H2,1-2H3. The highest BCUT2D eigenvalue weighted by Gasteiger charge is 2.18. The van der Waals surface area contributed by atoms with Crippen LogP contribution in [-0.4, -0.2) is 43.1 Å². The minimum absolute atomic E-state index is 0.182. The molecule has 0 bridgehead atoms. The van der Waals surface area contributed by atoms with Crippen LogP contribution in [0.3, 0.4) is 0 Å². The highest BCUT2D eigenvalue weighted by molar-refractivity contribution is 5.76. The average molecular weight is 344 g/mol. The maximum absolute atomic E-state index is 12.2. The largest absolute Gasteiger partial charge is 0.497 e. The zero-order valence-corrected chi connectivity index (χ0v) is 14.8. The first-order valence-corrected chi connectivity index (χ1v) is 8.66. The van der Waals surface area contributed by atoms with Crippen LogP contribution in [0.1, 0.15) is 31.6 Å². The molecule has 25 heavy (non-hydrogen) atoms. The van der Waals surface area contributed by atoms with Gasteiger partial charge in [-0.2, -0.15) is 0 Å². The van der Waals surface area contributed by atoms with Crippen molar-refractivity contribution in [3.8, 4) is 22.8 Å². The van der Waals surface area contributed by atoms with Crippen LogP contribution >= 0.6 is 0 Å². The Morgan fingerprint density at radius 1 is 1.20 bits per heavy atom. The Labute approximate surface area is 147 Å². The van der Waals surface area contributed by atoms with Gasteiger partial charge in [-0.05, 0) is 31.4 Å². The Kier molecular flexibility index (Phi) is 5.58. The summed E-state index contributed by atoms with van der Waals surface area (Å²) in [6, 6.07) is 5.53. The minimum Gasteiger partial charge on any atom is -0.497 e. The third kappa shape index (κ3) is 4.13. The van der Waals surface area contributed by atoms with Gasteiger partial charge in [-0.25, -0.2) is 4.98 Å². The van der Waals surface area contributed by atoms with E-state index in [4.69, 9.17) is 13.9 Å². The van der Waals surface area contributed by atoms with Crippen molar-refractivity contribution in [3.63, 3.8) is 0 Å². The van der Waals surface area contributed by atoms with Crippen LogP contribution in [-0.2, 0) is 11.2 Å². The Morgan fingerprint density at radius 3 is 2.72 bits per heavy atom. The summed E-state index contributed by atoms with van der Waals surface area (Å²) < 4.78 is 16.4. The molecule has 0 saturated carbocycles. The van der Waals surface area contributed by atoms with Gasteiger partial charge in [-0.3, -0.25) is 4.79 Å². The monoisotopic (exact) mass is 344 g/mol. The lowest BCUT2D eigenvalue weighted by Gasteiger charge is -2.26. The number of rotatable bonds is 6. The highest BCUT2D eigenvalue weighted by atomic mass is 16.5. The highest BCUT2D eigenvalue weighted by Crippen LogP contribution is 2.33. The van der Waals surface area contributed by atoms with E-state index < -0.39 is 0 Å². The quantitative estimate of drug-likeness (QED) is 0.804. The summed E-state index contributed by atoms with van der Waals surface area (Å²) in [5.41, 5.74) is 0.810. The number of methoxy groups -OCH3 is 2. The molecule has 0 N–H and O–H groups in total. The molecule has 2 heterocycles. The number of hydrogen-bond donors (Lipinski definition) is 0. The number of oxazole rings is 1. The molecule has 2 aromatic rings. The van der Waals surface area contributed by atoms with E-state index in [9.17, 15) is 4.79 Å². The van der Waals surface area contributed by atoms with Crippen molar-refractivity contribution >= 4 is 5.91 Å². The van der Waals surface area contributed by atoms with Crippen molar-refractivity contribution in [1.82, 2.24) is 9.88 Å². The number of likely N-dealkylation sites (tertiary alicyclic amines) is 1. The van der Waals surface area contributed by atoms with Crippen LogP contribution < -0.4 is 9.47 Å². The first-order valence-electron chi connectivity index (χ1n) is 8.66. The normalized spacial score (nSPS) is 14.4. The fraction of sp³-hybridized carbons (Fsp3) is 0.474. The Balaban J connectivity index is 1.65. The number of ether oxygens (including phenoxy) is 2. The molecule has 1 aromatic heterocycles. The van der Waals surface area contributed by atoms with Gasteiger partial charge in [0, 0.05) is 32.0 Å². The molecule has 0 radical (unpaired) electrons. The Bertz CT molecular complexity index is 720. The fourth-order valence-corrected chi connectivity index (χ4v) is 3.07. The molecule has 1 fully saturated rings. The average Bonchev–Trinajstić information content (AvgIpc) is 3.15. The van der Waals surface area contributed by atoms with E-state index in [1.54, 1.807) is 26.5 Å².